The Morgan fingerprint density at radius 2 is 1.85 bits per heavy atom. The number of pyridine rings is 1. The molecule has 0 unspecified atom stereocenters. The number of hydrogen-bond acceptors (Lipinski definition) is 6. The van der Waals surface area contributed by atoms with Crippen LogP contribution in [0, 0.1) is 19.4 Å². The third kappa shape index (κ3) is 6.59. The quantitative estimate of drug-likeness (QED) is 0.168. The highest BCUT2D eigenvalue weighted by Crippen LogP contribution is 2.35. The Bertz CT molecular complexity index is 1900. The molecule has 2 aromatic heterocycles. The number of nitrogens with zero attached hydrogens (tertiary/aromatic N) is 4. The van der Waals surface area contributed by atoms with Gasteiger partial charge in [0, 0.05) is 48.1 Å². The number of hydrogen-bond donors (Lipinski definition) is 1. The molecular weight excluding hydrogens is 574 g/mol. The van der Waals surface area contributed by atoms with Gasteiger partial charge in [-0.05, 0) is 105 Å². The van der Waals surface area contributed by atoms with Gasteiger partial charge in [-0.1, -0.05) is 25.5 Å². The number of oxazole rings is 1. The molecule has 0 aliphatic carbocycles. The summed E-state index contributed by atoms with van der Waals surface area (Å²) in [6, 6.07) is 21.3. The van der Waals surface area contributed by atoms with Crippen molar-refractivity contribution >= 4 is 28.5 Å². The average Bonchev–Trinajstić information content (AvgIpc) is 3.71. The van der Waals surface area contributed by atoms with E-state index in [9.17, 15) is 4.79 Å². The zero-order valence-electron chi connectivity index (χ0n) is 27.0. The molecule has 1 atom stereocenters. The second-order valence-corrected chi connectivity index (χ2v) is 12.6. The highest BCUT2D eigenvalue weighted by Gasteiger charge is 2.24. The van der Waals surface area contributed by atoms with Crippen LogP contribution in [0.15, 0.2) is 77.3 Å². The summed E-state index contributed by atoms with van der Waals surface area (Å²) in [6.45, 7) is 20.0. The Morgan fingerprint density at radius 3 is 2.54 bits per heavy atom. The van der Waals surface area contributed by atoms with Crippen LogP contribution >= 0.6 is 0 Å². The van der Waals surface area contributed by atoms with Crippen molar-refractivity contribution in [2.75, 3.05) is 24.5 Å². The molecule has 234 valence electrons. The van der Waals surface area contributed by atoms with Gasteiger partial charge < -0.3 is 19.4 Å². The Labute approximate surface area is 270 Å². The van der Waals surface area contributed by atoms with E-state index in [0.29, 0.717) is 40.7 Å². The van der Waals surface area contributed by atoms with E-state index >= 15 is 0 Å². The van der Waals surface area contributed by atoms with Crippen molar-refractivity contribution in [3.8, 4) is 28.3 Å². The van der Waals surface area contributed by atoms with Crippen LogP contribution in [0.5, 0.6) is 5.75 Å². The lowest BCUT2D eigenvalue weighted by atomic mass is 10.0. The molecule has 0 bridgehead atoms. The maximum absolute atomic E-state index is 13.0. The van der Waals surface area contributed by atoms with Gasteiger partial charge in [0.05, 0.1) is 18.2 Å². The number of aromatic nitrogens is 2. The van der Waals surface area contributed by atoms with Crippen molar-refractivity contribution in [3.63, 3.8) is 0 Å². The fraction of sp³-hybridized carbons (Fsp3) is 0.316. The molecule has 3 heterocycles. The second kappa shape index (κ2) is 13.1. The van der Waals surface area contributed by atoms with Gasteiger partial charge in [-0.15, -0.1) is 0 Å². The minimum absolute atomic E-state index is 0.0921. The molecule has 46 heavy (non-hydrogen) atoms. The molecule has 1 fully saturated rings. The molecule has 0 spiro atoms. The smallest absolute Gasteiger partial charge is 0.251 e. The minimum atomic E-state index is -0.105. The summed E-state index contributed by atoms with van der Waals surface area (Å²) in [6.07, 6.45) is 3.00. The fourth-order valence-electron chi connectivity index (χ4n) is 5.93. The zero-order chi connectivity index (χ0) is 32.4. The van der Waals surface area contributed by atoms with Gasteiger partial charge in [-0.2, -0.15) is 0 Å². The lowest BCUT2D eigenvalue weighted by molar-refractivity contribution is 0.0948. The minimum Gasteiger partial charge on any atom is -0.490 e. The van der Waals surface area contributed by atoms with Crippen molar-refractivity contribution in [3.05, 3.63) is 101 Å². The first-order valence-corrected chi connectivity index (χ1v) is 15.9. The Kier molecular flexibility index (Phi) is 8.76. The van der Waals surface area contributed by atoms with E-state index in [2.05, 4.69) is 65.1 Å². The third-order valence-electron chi connectivity index (χ3n) is 8.37. The largest absolute Gasteiger partial charge is 0.490 e. The summed E-state index contributed by atoms with van der Waals surface area (Å²) in [5.41, 5.74) is 7.50. The molecule has 1 N–H and O–H groups in total. The topological polar surface area (TPSA) is 84.9 Å². The summed E-state index contributed by atoms with van der Waals surface area (Å²) in [4.78, 5) is 28.3. The number of aryl methyl sites for hydroxylation is 1. The molecule has 8 nitrogen and oxygen atoms in total. The van der Waals surface area contributed by atoms with Crippen LogP contribution in [0.2, 0.25) is 0 Å². The number of benzene rings is 3. The first-order valence-electron chi connectivity index (χ1n) is 15.9. The van der Waals surface area contributed by atoms with E-state index in [0.717, 1.165) is 53.3 Å². The Balaban J connectivity index is 1.06. The van der Waals surface area contributed by atoms with E-state index < -0.39 is 0 Å². The van der Waals surface area contributed by atoms with Gasteiger partial charge >= 0.3 is 0 Å². The van der Waals surface area contributed by atoms with Gasteiger partial charge in [-0.3, -0.25) is 4.79 Å². The van der Waals surface area contributed by atoms with Gasteiger partial charge in [-0.25, -0.2) is 14.8 Å². The number of carbonyl (C=O) groups is 1. The summed E-state index contributed by atoms with van der Waals surface area (Å²) in [5, 5.41) is 3.12. The summed E-state index contributed by atoms with van der Waals surface area (Å²) in [7, 11) is 0. The molecule has 8 heteroatoms. The van der Waals surface area contributed by atoms with Crippen LogP contribution in [0.3, 0.4) is 0 Å². The number of nitrogens with one attached hydrogen (secondary N) is 1. The molecule has 0 saturated carbocycles. The Hall–Kier alpha value is -5.16. The number of amides is 1. The van der Waals surface area contributed by atoms with Crippen molar-refractivity contribution < 1.29 is 13.9 Å². The number of rotatable bonds is 9. The monoisotopic (exact) mass is 613 g/mol. The van der Waals surface area contributed by atoms with Gasteiger partial charge in [0.15, 0.2) is 11.3 Å². The highest BCUT2D eigenvalue weighted by atomic mass is 16.5. The van der Waals surface area contributed by atoms with E-state index in [1.165, 1.54) is 5.56 Å². The summed E-state index contributed by atoms with van der Waals surface area (Å²) in [5.74, 6) is 2.71. The lowest BCUT2D eigenvalue weighted by Crippen LogP contribution is -2.31. The molecule has 3 aromatic carbocycles. The van der Waals surface area contributed by atoms with Crippen LogP contribution in [-0.4, -0.2) is 41.6 Å². The maximum Gasteiger partial charge on any atom is 0.251 e. The van der Waals surface area contributed by atoms with Crippen LogP contribution in [-0.2, 0) is 0 Å². The average molecular weight is 614 g/mol. The molecule has 1 aliphatic rings. The lowest BCUT2D eigenvalue weighted by Gasteiger charge is -2.19. The van der Waals surface area contributed by atoms with Gasteiger partial charge in [0.2, 0.25) is 5.89 Å². The van der Waals surface area contributed by atoms with Gasteiger partial charge in [0.25, 0.3) is 5.91 Å². The number of carbonyl (C=O) groups excluding carboxylic acids is 1. The maximum atomic E-state index is 13.0. The summed E-state index contributed by atoms with van der Waals surface area (Å²) >= 11 is 0. The molecule has 1 aliphatic heterocycles. The molecule has 6 rings (SSSR count). The van der Waals surface area contributed by atoms with Crippen molar-refractivity contribution in [2.24, 2.45) is 5.92 Å². The van der Waals surface area contributed by atoms with E-state index in [-0.39, 0.29) is 17.9 Å². The van der Waals surface area contributed by atoms with Crippen molar-refractivity contribution in [1.29, 1.82) is 0 Å². The van der Waals surface area contributed by atoms with Crippen molar-refractivity contribution in [2.45, 2.75) is 53.1 Å². The molecule has 5 aromatic rings. The van der Waals surface area contributed by atoms with E-state index in [1.807, 2.05) is 44.3 Å². The van der Waals surface area contributed by atoms with Crippen molar-refractivity contribution in [1.82, 2.24) is 15.3 Å². The first-order chi connectivity index (χ1) is 22.2. The standard InChI is InChI=1S/C38H39N5O3/c1-23(2)31-18-30(39-6)19-33-36(31)46-38(42-33)28-10-8-27(9-11-28)37(44)41-20-26-15-16-43(22-26)35-14-12-29(21-40-35)32-17-25(5)7-13-34(32)45-24(3)4/h7-14,17-19,21,23-24,26H,15-16,20,22H2,1-5H3,(H,41,44)/t26-/m0/s1. The summed E-state index contributed by atoms with van der Waals surface area (Å²) < 4.78 is 12.2. The molecular formula is C38H39N5O3. The number of ether oxygens (including phenoxy) is 1. The van der Waals surface area contributed by atoms with Crippen LogP contribution < -0.4 is 15.0 Å². The molecule has 0 radical (unpaired) electrons. The highest BCUT2D eigenvalue weighted by molar-refractivity contribution is 5.94. The predicted octanol–water partition coefficient (Wildman–Crippen LogP) is 8.58. The predicted molar refractivity (Wildman–Crippen MR) is 183 cm³/mol. The molecule has 1 amide bonds. The molecule has 1 saturated heterocycles. The Morgan fingerprint density at radius 1 is 1.07 bits per heavy atom. The van der Waals surface area contributed by atoms with Crippen LogP contribution in [0.1, 0.15) is 61.5 Å². The normalized spacial score (nSPS) is 14.7. The third-order valence-corrected chi connectivity index (χ3v) is 8.37. The van der Waals surface area contributed by atoms with Crippen LogP contribution in [0.4, 0.5) is 11.5 Å². The zero-order valence-corrected chi connectivity index (χ0v) is 27.0. The fourth-order valence-corrected chi connectivity index (χ4v) is 5.93. The van der Waals surface area contributed by atoms with Crippen LogP contribution in [0.25, 0.3) is 38.5 Å². The van der Waals surface area contributed by atoms with E-state index in [1.54, 1.807) is 18.2 Å². The first kappa shape index (κ1) is 30.8. The van der Waals surface area contributed by atoms with E-state index in [4.69, 9.17) is 20.7 Å². The number of fused-ring (bicyclic) bond motifs is 1. The van der Waals surface area contributed by atoms with Gasteiger partial charge in [0.1, 0.15) is 11.6 Å². The second-order valence-electron chi connectivity index (χ2n) is 12.6. The SMILES string of the molecule is [C-]#[N+]c1cc(C(C)C)c2oc(-c3ccc(C(=O)NC[C@@H]4CCN(c5ccc(-c6cc(C)ccc6OC(C)C)cn5)C4)cc3)nc2c1. The number of anilines is 1.